The van der Waals surface area contributed by atoms with Gasteiger partial charge in [-0.05, 0) is 36.4 Å². The molecule has 0 aromatic carbocycles. The molecule has 0 aliphatic rings. The van der Waals surface area contributed by atoms with Crippen molar-refractivity contribution in [2.45, 2.75) is 12.8 Å². The van der Waals surface area contributed by atoms with E-state index in [9.17, 15) is 4.79 Å². The van der Waals surface area contributed by atoms with Gasteiger partial charge in [0.2, 0.25) is 0 Å². The number of rotatable bonds is 7. The Labute approximate surface area is 122 Å². The highest BCUT2D eigenvalue weighted by atomic mass is 32.1. The van der Waals surface area contributed by atoms with Gasteiger partial charge < -0.3 is 16.4 Å². The first-order valence-electron chi connectivity index (χ1n) is 6.53. The first-order valence-corrected chi connectivity index (χ1v) is 7.41. The maximum atomic E-state index is 11.7. The highest BCUT2D eigenvalue weighted by Crippen LogP contribution is 2.08. The Bertz CT molecular complexity index is 525. The number of hydrogen-bond donors (Lipinski definition) is 3. The monoisotopic (exact) mass is 290 g/mol. The number of aromatic nitrogens is 1. The van der Waals surface area contributed by atoms with Crippen LogP contribution in [0.3, 0.4) is 0 Å². The highest BCUT2D eigenvalue weighted by molar-refractivity contribution is 7.12. The zero-order chi connectivity index (χ0) is 14.2. The molecular weight excluding hydrogens is 272 g/mol. The van der Waals surface area contributed by atoms with Crippen molar-refractivity contribution < 1.29 is 4.79 Å². The number of carbonyl (C=O) groups is 1. The predicted octanol–water partition coefficient (Wildman–Crippen LogP) is 2.35. The second-order valence-electron chi connectivity index (χ2n) is 4.34. The van der Waals surface area contributed by atoms with Crippen LogP contribution in [0, 0.1) is 0 Å². The van der Waals surface area contributed by atoms with Crippen LogP contribution in [0.2, 0.25) is 0 Å². The number of carbonyl (C=O) groups excluding carboxylic acids is 1. The second kappa shape index (κ2) is 7.49. The van der Waals surface area contributed by atoms with Gasteiger partial charge in [-0.25, -0.2) is 4.98 Å². The molecule has 2 rings (SSSR count). The van der Waals surface area contributed by atoms with Crippen LogP contribution in [0.25, 0.3) is 0 Å². The Kier molecular flexibility index (Phi) is 5.37. The maximum absolute atomic E-state index is 11.7. The van der Waals surface area contributed by atoms with Crippen LogP contribution in [0.1, 0.15) is 22.5 Å². The maximum Gasteiger partial charge on any atom is 0.261 e. The number of nitrogens with two attached hydrogens (primary N) is 1. The Hall–Kier alpha value is -2.08. The van der Waals surface area contributed by atoms with E-state index in [1.807, 2.05) is 29.6 Å². The zero-order valence-electron chi connectivity index (χ0n) is 11.1. The van der Waals surface area contributed by atoms with Crippen molar-refractivity contribution in [2.75, 3.05) is 24.1 Å². The number of nitrogens with one attached hydrogen (secondary N) is 2. The summed E-state index contributed by atoms with van der Waals surface area (Å²) in [6, 6.07) is 7.38. The van der Waals surface area contributed by atoms with Crippen LogP contribution in [0.5, 0.6) is 0 Å². The molecule has 0 unspecified atom stereocenters. The number of nitrogens with zero attached hydrogens (tertiary/aromatic N) is 1. The fraction of sp³-hybridized carbons (Fsp3) is 0.286. The summed E-state index contributed by atoms with van der Waals surface area (Å²) in [4.78, 5) is 16.6. The summed E-state index contributed by atoms with van der Waals surface area (Å²) in [6.07, 6.45) is 3.53. The highest BCUT2D eigenvalue weighted by Gasteiger charge is 2.04. The van der Waals surface area contributed by atoms with E-state index >= 15 is 0 Å². The molecule has 0 spiro atoms. The van der Waals surface area contributed by atoms with E-state index in [-0.39, 0.29) is 5.91 Å². The molecule has 0 aliphatic heterocycles. The number of thiophene rings is 1. The third kappa shape index (κ3) is 4.55. The Morgan fingerprint density at radius 2 is 2.10 bits per heavy atom. The zero-order valence-corrected chi connectivity index (χ0v) is 12.0. The second-order valence-corrected chi connectivity index (χ2v) is 5.29. The minimum absolute atomic E-state index is 0.00756. The van der Waals surface area contributed by atoms with Gasteiger partial charge in [-0.1, -0.05) is 6.07 Å². The molecule has 20 heavy (non-hydrogen) atoms. The van der Waals surface area contributed by atoms with Gasteiger partial charge in [0.15, 0.2) is 0 Å². The lowest BCUT2D eigenvalue weighted by atomic mass is 10.3. The third-order valence-corrected chi connectivity index (χ3v) is 3.60. The van der Waals surface area contributed by atoms with Crippen LogP contribution < -0.4 is 16.4 Å². The van der Waals surface area contributed by atoms with Gasteiger partial charge in [-0.2, -0.15) is 0 Å². The average Bonchev–Trinajstić information content (AvgIpc) is 2.98. The van der Waals surface area contributed by atoms with E-state index in [4.69, 9.17) is 5.73 Å². The molecule has 0 atom stereocenters. The summed E-state index contributed by atoms with van der Waals surface area (Å²) >= 11 is 1.45. The largest absolute Gasteiger partial charge is 0.397 e. The van der Waals surface area contributed by atoms with Crippen LogP contribution in [0.15, 0.2) is 35.8 Å². The summed E-state index contributed by atoms with van der Waals surface area (Å²) in [6.45, 7) is 1.51. The molecular formula is C14H18N4OS. The fourth-order valence-corrected chi connectivity index (χ4v) is 2.31. The fourth-order valence-electron chi connectivity index (χ4n) is 1.67. The van der Waals surface area contributed by atoms with Crippen molar-refractivity contribution in [3.8, 4) is 0 Å². The van der Waals surface area contributed by atoms with Crippen molar-refractivity contribution in [3.63, 3.8) is 0 Å². The Morgan fingerprint density at radius 3 is 2.80 bits per heavy atom. The number of hydrogen-bond acceptors (Lipinski definition) is 5. The van der Waals surface area contributed by atoms with Gasteiger partial charge in [0.05, 0.1) is 16.8 Å². The summed E-state index contributed by atoms with van der Waals surface area (Å²) in [5.41, 5.74) is 6.22. The van der Waals surface area contributed by atoms with Crippen LogP contribution in [-0.4, -0.2) is 24.0 Å². The summed E-state index contributed by atoms with van der Waals surface area (Å²) in [7, 11) is 0. The van der Waals surface area contributed by atoms with Gasteiger partial charge in [0.25, 0.3) is 5.91 Å². The predicted molar refractivity (Wildman–Crippen MR) is 83.0 cm³/mol. The normalized spacial score (nSPS) is 10.2. The van der Waals surface area contributed by atoms with Gasteiger partial charge in [0, 0.05) is 13.1 Å². The lowest BCUT2D eigenvalue weighted by molar-refractivity contribution is 0.0957. The van der Waals surface area contributed by atoms with Crippen LogP contribution in [-0.2, 0) is 0 Å². The van der Waals surface area contributed by atoms with Crippen LogP contribution in [0.4, 0.5) is 11.5 Å². The van der Waals surface area contributed by atoms with Crippen molar-refractivity contribution in [2.24, 2.45) is 0 Å². The summed E-state index contributed by atoms with van der Waals surface area (Å²) < 4.78 is 0. The van der Waals surface area contributed by atoms with Gasteiger partial charge in [-0.3, -0.25) is 4.79 Å². The molecule has 6 heteroatoms. The molecule has 0 saturated carbocycles. The molecule has 0 bridgehead atoms. The third-order valence-electron chi connectivity index (χ3n) is 2.73. The molecule has 2 heterocycles. The number of pyridine rings is 1. The molecule has 5 nitrogen and oxygen atoms in total. The summed E-state index contributed by atoms with van der Waals surface area (Å²) in [5.74, 6) is 0.829. The number of unbranched alkanes of at least 4 members (excludes halogenated alkanes) is 1. The van der Waals surface area contributed by atoms with Gasteiger partial charge >= 0.3 is 0 Å². The smallest absolute Gasteiger partial charge is 0.261 e. The minimum Gasteiger partial charge on any atom is -0.397 e. The SMILES string of the molecule is Nc1ccc(NCCCCNC(=O)c2cccs2)nc1. The standard InChI is InChI=1S/C14H18N4OS/c15-11-5-6-13(18-10-11)16-7-1-2-8-17-14(19)12-4-3-9-20-12/h3-6,9-10H,1-2,7-8,15H2,(H,16,18)(H,17,19). The first kappa shape index (κ1) is 14.3. The average molecular weight is 290 g/mol. The quantitative estimate of drug-likeness (QED) is 0.684. The number of nitrogen functional groups attached to an aromatic ring is 1. The van der Waals surface area contributed by atoms with E-state index in [2.05, 4.69) is 15.6 Å². The van der Waals surface area contributed by atoms with Crippen molar-refractivity contribution in [1.29, 1.82) is 0 Å². The Balaban J connectivity index is 1.56. The molecule has 1 amide bonds. The minimum atomic E-state index is 0.00756. The lowest BCUT2D eigenvalue weighted by Gasteiger charge is -2.06. The van der Waals surface area contributed by atoms with Crippen LogP contribution >= 0.6 is 11.3 Å². The van der Waals surface area contributed by atoms with E-state index < -0.39 is 0 Å². The topological polar surface area (TPSA) is 80.0 Å². The number of anilines is 2. The van der Waals surface area contributed by atoms with Crippen molar-refractivity contribution in [1.82, 2.24) is 10.3 Å². The molecule has 106 valence electrons. The van der Waals surface area contributed by atoms with E-state index in [0.717, 1.165) is 30.1 Å². The lowest BCUT2D eigenvalue weighted by Crippen LogP contribution is -2.23. The molecule has 0 fully saturated rings. The molecule has 0 saturated heterocycles. The van der Waals surface area contributed by atoms with E-state index in [0.29, 0.717) is 12.2 Å². The Morgan fingerprint density at radius 1 is 1.25 bits per heavy atom. The summed E-state index contributed by atoms with van der Waals surface area (Å²) in [5, 5.41) is 8.01. The molecule has 4 N–H and O–H groups in total. The van der Waals surface area contributed by atoms with E-state index in [1.165, 1.54) is 11.3 Å². The molecule has 0 aliphatic carbocycles. The van der Waals surface area contributed by atoms with Gasteiger partial charge in [0.1, 0.15) is 5.82 Å². The first-order chi connectivity index (χ1) is 9.75. The van der Waals surface area contributed by atoms with Crippen molar-refractivity contribution in [3.05, 3.63) is 40.7 Å². The molecule has 0 radical (unpaired) electrons. The van der Waals surface area contributed by atoms with Crippen molar-refractivity contribution >= 4 is 28.7 Å². The molecule has 2 aromatic heterocycles. The van der Waals surface area contributed by atoms with E-state index in [1.54, 1.807) is 6.20 Å². The van der Waals surface area contributed by atoms with Gasteiger partial charge in [-0.15, -0.1) is 11.3 Å². The molecule has 2 aromatic rings. The number of amides is 1.